The van der Waals surface area contributed by atoms with E-state index < -0.39 is 20.1 Å². The summed E-state index contributed by atoms with van der Waals surface area (Å²) >= 11 is 0. The maximum absolute atomic E-state index is 13.0. The third kappa shape index (κ3) is 3.67. The number of nitrogens with zero attached hydrogens (tertiary/aromatic N) is 1. The molecule has 1 heterocycles. The van der Waals surface area contributed by atoms with Gasteiger partial charge in [0.1, 0.15) is 0 Å². The zero-order valence-corrected chi connectivity index (χ0v) is 16.0. The van der Waals surface area contributed by atoms with Crippen LogP contribution in [0.1, 0.15) is 18.4 Å². The molecule has 0 radical (unpaired) electrons. The summed E-state index contributed by atoms with van der Waals surface area (Å²) < 4.78 is 54.7. The predicted octanol–water partition coefficient (Wildman–Crippen LogP) is 2.96. The third-order valence-electron chi connectivity index (χ3n) is 4.07. The standard InChI is InChI=1S/C18H19NO5S2/c1-14(13-24-25(2,20)21)17-12-19(18-11-7-6-10-16(17)18)26(22,23)15-8-4-3-5-9-15/h3-12,14H,13H2,1-2H3/t14-/m0/s1. The van der Waals surface area contributed by atoms with Gasteiger partial charge in [-0.05, 0) is 23.8 Å². The van der Waals surface area contributed by atoms with Crippen molar-refractivity contribution < 1.29 is 21.0 Å². The highest BCUT2D eigenvalue weighted by Gasteiger charge is 2.23. The van der Waals surface area contributed by atoms with Gasteiger partial charge in [-0.3, -0.25) is 4.18 Å². The first-order chi connectivity index (χ1) is 12.2. The van der Waals surface area contributed by atoms with Crippen molar-refractivity contribution in [3.8, 4) is 0 Å². The van der Waals surface area contributed by atoms with E-state index >= 15 is 0 Å². The van der Waals surface area contributed by atoms with Gasteiger partial charge < -0.3 is 0 Å². The van der Waals surface area contributed by atoms with E-state index in [9.17, 15) is 16.8 Å². The molecule has 0 aliphatic heterocycles. The molecule has 0 aliphatic carbocycles. The van der Waals surface area contributed by atoms with Gasteiger partial charge in [0.25, 0.3) is 20.1 Å². The third-order valence-corrected chi connectivity index (χ3v) is 6.32. The summed E-state index contributed by atoms with van der Waals surface area (Å²) in [5, 5.41) is 0.747. The summed E-state index contributed by atoms with van der Waals surface area (Å²) in [5.74, 6) is -0.304. The molecule has 3 rings (SSSR count). The summed E-state index contributed by atoms with van der Waals surface area (Å²) in [5.41, 5.74) is 1.25. The Morgan fingerprint density at radius 3 is 2.23 bits per heavy atom. The van der Waals surface area contributed by atoms with Crippen LogP contribution in [0.3, 0.4) is 0 Å². The Balaban J connectivity index is 2.11. The van der Waals surface area contributed by atoms with Gasteiger partial charge in [-0.15, -0.1) is 0 Å². The normalized spacial score (nSPS) is 13.8. The van der Waals surface area contributed by atoms with Crippen LogP contribution < -0.4 is 0 Å². The van der Waals surface area contributed by atoms with Gasteiger partial charge in [-0.25, -0.2) is 12.4 Å². The molecule has 0 saturated carbocycles. The molecule has 1 atom stereocenters. The second kappa shape index (κ2) is 6.86. The fraction of sp³-hybridized carbons (Fsp3) is 0.222. The van der Waals surface area contributed by atoms with Gasteiger partial charge in [0, 0.05) is 17.5 Å². The predicted molar refractivity (Wildman–Crippen MR) is 100 cm³/mol. The van der Waals surface area contributed by atoms with E-state index in [1.165, 1.54) is 3.97 Å². The Hall–Kier alpha value is -2.16. The summed E-state index contributed by atoms with van der Waals surface area (Å²) in [6.45, 7) is 1.74. The topological polar surface area (TPSA) is 82.4 Å². The monoisotopic (exact) mass is 393 g/mol. The number of aromatic nitrogens is 1. The van der Waals surface area contributed by atoms with Crippen molar-refractivity contribution in [2.24, 2.45) is 0 Å². The number of benzene rings is 2. The van der Waals surface area contributed by atoms with Crippen molar-refractivity contribution in [3.05, 3.63) is 66.4 Å². The van der Waals surface area contributed by atoms with E-state index in [-0.39, 0.29) is 17.4 Å². The Kier molecular flexibility index (Phi) is 4.92. The van der Waals surface area contributed by atoms with E-state index in [1.807, 2.05) is 12.1 Å². The SMILES string of the molecule is C[C@@H](COS(C)(=O)=O)c1cn(S(=O)(=O)c2ccccc2)c2ccccc12. The molecule has 0 spiro atoms. The lowest BCUT2D eigenvalue weighted by Crippen LogP contribution is -2.12. The Labute approximate surface area is 153 Å². The highest BCUT2D eigenvalue weighted by Crippen LogP contribution is 2.31. The average molecular weight is 393 g/mol. The summed E-state index contributed by atoms with van der Waals surface area (Å²) in [7, 11) is -7.33. The first-order valence-electron chi connectivity index (χ1n) is 7.95. The first-order valence-corrected chi connectivity index (χ1v) is 11.2. The first kappa shape index (κ1) is 18.6. The largest absolute Gasteiger partial charge is 0.270 e. The van der Waals surface area contributed by atoms with Crippen LogP contribution >= 0.6 is 0 Å². The number of fused-ring (bicyclic) bond motifs is 1. The number of rotatable bonds is 6. The van der Waals surface area contributed by atoms with Gasteiger partial charge in [0.15, 0.2) is 0 Å². The van der Waals surface area contributed by atoms with Crippen LogP contribution in [-0.4, -0.2) is 33.7 Å². The molecule has 0 unspecified atom stereocenters. The molecule has 26 heavy (non-hydrogen) atoms. The molecule has 0 saturated heterocycles. The minimum atomic E-state index is -3.76. The molecule has 0 fully saturated rings. The van der Waals surface area contributed by atoms with Crippen molar-refractivity contribution in [1.82, 2.24) is 3.97 Å². The Morgan fingerprint density at radius 2 is 1.58 bits per heavy atom. The van der Waals surface area contributed by atoms with Crippen LogP contribution in [0.5, 0.6) is 0 Å². The van der Waals surface area contributed by atoms with Crippen LogP contribution in [-0.2, 0) is 24.3 Å². The molecule has 0 aliphatic rings. The van der Waals surface area contributed by atoms with E-state index in [4.69, 9.17) is 4.18 Å². The van der Waals surface area contributed by atoms with Crippen molar-refractivity contribution >= 4 is 31.0 Å². The lowest BCUT2D eigenvalue weighted by atomic mass is 10.0. The summed E-state index contributed by atoms with van der Waals surface area (Å²) in [6, 6.07) is 15.3. The average Bonchev–Trinajstić information content (AvgIpc) is 3.00. The quantitative estimate of drug-likeness (QED) is 0.601. The summed E-state index contributed by atoms with van der Waals surface area (Å²) in [4.78, 5) is 0.187. The molecule has 1 aromatic heterocycles. The van der Waals surface area contributed by atoms with Crippen molar-refractivity contribution in [2.45, 2.75) is 17.7 Å². The molecule has 0 bridgehead atoms. The Bertz CT molecular complexity index is 1130. The van der Waals surface area contributed by atoms with Crippen molar-refractivity contribution in [3.63, 3.8) is 0 Å². The van der Waals surface area contributed by atoms with Crippen LogP contribution in [0.4, 0.5) is 0 Å². The number of hydrogen-bond acceptors (Lipinski definition) is 5. The van der Waals surface area contributed by atoms with E-state index in [0.29, 0.717) is 11.1 Å². The lowest BCUT2D eigenvalue weighted by molar-refractivity contribution is 0.302. The van der Waals surface area contributed by atoms with E-state index in [1.54, 1.807) is 55.6 Å². The molecule has 0 amide bonds. The summed E-state index contributed by atoms with van der Waals surface area (Å²) in [6.07, 6.45) is 2.53. The lowest BCUT2D eigenvalue weighted by Gasteiger charge is -2.10. The van der Waals surface area contributed by atoms with Crippen LogP contribution in [0.2, 0.25) is 0 Å². The van der Waals surface area contributed by atoms with Gasteiger partial charge in [-0.1, -0.05) is 43.3 Å². The van der Waals surface area contributed by atoms with Crippen LogP contribution in [0.15, 0.2) is 65.7 Å². The fourth-order valence-electron chi connectivity index (χ4n) is 2.79. The van der Waals surface area contributed by atoms with E-state index in [2.05, 4.69) is 0 Å². The maximum Gasteiger partial charge on any atom is 0.268 e. The van der Waals surface area contributed by atoms with Crippen LogP contribution in [0, 0.1) is 0 Å². The minimum absolute atomic E-state index is 0.0573. The molecular formula is C18H19NO5S2. The second-order valence-electron chi connectivity index (χ2n) is 6.11. The van der Waals surface area contributed by atoms with Crippen molar-refractivity contribution in [2.75, 3.05) is 12.9 Å². The van der Waals surface area contributed by atoms with Gasteiger partial charge in [0.05, 0.1) is 23.3 Å². The molecule has 3 aromatic rings. The van der Waals surface area contributed by atoms with Crippen molar-refractivity contribution in [1.29, 1.82) is 0 Å². The van der Waals surface area contributed by atoms with Gasteiger partial charge >= 0.3 is 0 Å². The van der Waals surface area contributed by atoms with Gasteiger partial charge in [0.2, 0.25) is 0 Å². The highest BCUT2D eigenvalue weighted by atomic mass is 32.2. The highest BCUT2D eigenvalue weighted by molar-refractivity contribution is 7.90. The molecule has 8 heteroatoms. The van der Waals surface area contributed by atoms with E-state index in [0.717, 1.165) is 11.6 Å². The molecular weight excluding hydrogens is 374 g/mol. The number of hydrogen-bond donors (Lipinski definition) is 0. The molecule has 138 valence electrons. The zero-order valence-electron chi connectivity index (χ0n) is 14.4. The van der Waals surface area contributed by atoms with Gasteiger partial charge in [-0.2, -0.15) is 8.42 Å². The molecule has 0 N–H and O–H groups in total. The zero-order chi connectivity index (χ0) is 18.9. The second-order valence-corrected chi connectivity index (χ2v) is 9.56. The Morgan fingerprint density at radius 1 is 0.962 bits per heavy atom. The van der Waals surface area contributed by atoms with Crippen LogP contribution in [0.25, 0.3) is 10.9 Å². The molecule has 6 nitrogen and oxygen atoms in total. The minimum Gasteiger partial charge on any atom is -0.270 e. The maximum atomic E-state index is 13.0. The smallest absolute Gasteiger partial charge is 0.268 e. The number of para-hydroxylation sites is 1. The molecule has 2 aromatic carbocycles. The fourth-order valence-corrected chi connectivity index (χ4v) is 4.64.